The van der Waals surface area contributed by atoms with Crippen LogP contribution in [0.4, 0.5) is 0 Å². The summed E-state index contributed by atoms with van der Waals surface area (Å²) in [5.41, 5.74) is -0.732. The van der Waals surface area contributed by atoms with Gasteiger partial charge in [-0.15, -0.1) is 0 Å². The molecule has 0 aromatic heterocycles. The third-order valence-corrected chi connectivity index (χ3v) is 5.60. The van der Waals surface area contributed by atoms with Crippen molar-refractivity contribution in [2.45, 2.75) is 62.7 Å². The summed E-state index contributed by atoms with van der Waals surface area (Å²) >= 11 is 1.84. The van der Waals surface area contributed by atoms with Crippen LogP contribution in [0.3, 0.4) is 0 Å². The van der Waals surface area contributed by atoms with Gasteiger partial charge in [0.15, 0.2) is 0 Å². The Bertz CT molecular complexity index is 344. The molecular weight excluding hydrogens is 244 g/mol. The minimum Gasteiger partial charge on any atom is -0.351 e. The van der Waals surface area contributed by atoms with E-state index in [9.17, 15) is 10.1 Å². The van der Waals surface area contributed by atoms with E-state index >= 15 is 0 Å². The van der Waals surface area contributed by atoms with Crippen LogP contribution < -0.4 is 5.32 Å². The van der Waals surface area contributed by atoms with Crippen molar-refractivity contribution in [3.63, 3.8) is 0 Å². The molecule has 2 fully saturated rings. The van der Waals surface area contributed by atoms with E-state index in [4.69, 9.17) is 0 Å². The van der Waals surface area contributed by atoms with Crippen LogP contribution in [0.25, 0.3) is 0 Å². The average Bonchev–Trinajstić information content (AvgIpc) is 2.86. The molecule has 3 nitrogen and oxygen atoms in total. The molecule has 1 N–H and O–H groups in total. The molecule has 18 heavy (non-hydrogen) atoms. The Balaban J connectivity index is 2.00. The zero-order chi connectivity index (χ0) is 13.0. The summed E-state index contributed by atoms with van der Waals surface area (Å²) in [5.74, 6) is -0.00403. The Morgan fingerprint density at radius 3 is 2.61 bits per heavy atom. The largest absolute Gasteiger partial charge is 0.351 e. The predicted molar refractivity (Wildman–Crippen MR) is 74.2 cm³/mol. The third kappa shape index (κ3) is 2.66. The van der Waals surface area contributed by atoms with Gasteiger partial charge in [-0.05, 0) is 31.9 Å². The second kappa shape index (κ2) is 5.97. The van der Waals surface area contributed by atoms with Gasteiger partial charge < -0.3 is 5.32 Å². The number of nitrogens with zero attached hydrogens (tertiary/aromatic N) is 1. The zero-order valence-corrected chi connectivity index (χ0v) is 11.9. The second-order valence-electron chi connectivity index (χ2n) is 5.54. The van der Waals surface area contributed by atoms with Gasteiger partial charge in [0.2, 0.25) is 5.91 Å². The fourth-order valence-corrected chi connectivity index (χ4v) is 4.16. The highest BCUT2D eigenvalue weighted by Gasteiger charge is 2.41. The Morgan fingerprint density at radius 1 is 1.28 bits per heavy atom. The highest BCUT2D eigenvalue weighted by Crippen LogP contribution is 2.37. The molecule has 0 spiro atoms. The maximum Gasteiger partial charge on any atom is 0.240 e. The Kier molecular flexibility index (Phi) is 4.55. The van der Waals surface area contributed by atoms with Crippen LogP contribution in [-0.2, 0) is 4.79 Å². The van der Waals surface area contributed by atoms with E-state index in [1.807, 2.05) is 11.8 Å². The summed E-state index contributed by atoms with van der Waals surface area (Å²) in [5, 5.41) is 13.1. The molecule has 0 radical (unpaired) electrons. The lowest BCUT2D eigenvalue weighted by molar-refractivity contribution is -0.130. The first-order valence-electron chi connectivity index (χ1n) is 6.97. The van der Waals surface area contributed by atoms with E-state index in [1.165, 1.54) is 12.8 Å². The SMILES string of the molecule is CSC1CCCC1NC(=O)C1(C#N)CCCCC1. The Hall–Kier alpha value is -0.690. The number of nitriles is 1. The van der Waals surface area contributed by atoms with E-state index in [-0.39, 0.29) is 11.9 Å². The van der Waals surface area contributed by atoms with Crippen molar-refractivity contribution in [2.75, 3.05) is 6.26 Å². The van der Waals surface area contributed by atoms with Crippen molar-refractivity contribution in [1.82, 2.24) is 5.32 Å². The zero-order valence-electron chi connectivity index (χ0n) is 11.1. The van der Waals surface area contributed by atoms with Crippen molar-refractivity contribution in [3.8, 4) is 6.07 Å². The summed E-state index contributed by atoms with van der Waals surface area (Å²) in [6, 6.07) is 2.58. The molecule has 2 saturated carbocycles. The first-order valence-corrected chi connectivity index (χ1v) is 8.26. The standard InChI is InChI=1S/C14H22N2OS/c1-18-12-7-5-6-11(12)16-13(17)14(10-15)8-3-2-4-9-14/h11-12H,2-9H2,1H3,(H,16,17). The van der Waals surface area contributed by atoms with Gasteiger partial charge in [-0.1, -0.05) is 25.7 Å². The van der Waals surface area contributed by atoms with Crippen LogP contribution in [0.1, 0.15) is 51.4 Å². The molecule has 0 saturated heterocycles. The monoisotopic (exact) mass is 266 g/mol. The molecule has 2 atom stereocenters. The van der Waals surface area contributed by atoms with Crippen LogP contribution in [0.2, 0.25) is 0 Å². The van der Waals surface area contributed by atoms with E-state index in [1.54, 1.807) is 0 Å². The number of nitrogens with one attached hydrogen (secondary N) is 1. The van der Waals surface area contributed by atoms with Crippen LogP contribution in [0.15, 0.2) is 0 Å². The number of amides is 1. The Labute approximate surface area is 114 Å². The molecule has 0 heterocycles. The van der Waals surface area contributed by atoms with Crippen LogP contribution in [0.5, 0.6) is 0 Å². The van der Waals surface area contributed by atoms with Gasteiger partial charge in [0.25, 0.3) is 0 Å². The van der Waals surface area contributed by atoms with Gasteiger partial charge in [-0.25, -0.2) is 0 Å². The predicted octanol–water partition coefficient (Wildman–Crippen LogP) is 2.86. The molecule has 4 heteroatoms. The van der Waals surface area contributed by atoms with Crippen molar-refractivity contribution < 1.29 is 4.79 Å². The normalized spacial score (nSPS) is 30.7. The van der Waals surface area contributed by atoms with Gasteiger partial charge in [0.1, 0.15) is 5.41 Å². The molecule has 1 amide bonds. The van der Waals surface area contributed by atoms with Crippen molar-refractivity contribution in [3.05, 3.63) is 0 Å². The highest BCUT2D eigenvalue weighted by atomic mass is 32.2. The highest BCUT2D eigenvalue weighted by molar-refractivity contribution is 7.99. The first kappa shape index (κ1) is 13.7. The molecule has 0 aliphatic heterocycles. The molecule has 0 bridgehead atoms. The molecule has 100 valence electrons. The van der Waals surface area contributed by atoms with E-state index in [2.05, 4.69) is 17.6 Å². The third-order valence-electron chi connectivity index (χ3n) is 4.43. The molecular formula is C14H22N2OS. The number of hydrogen-bond acceptors (Lipinski definition) is 3. The summed E-state index contributed by atoms with van der Waals surface area (Å²) in [4.78, 5) is 12.4. The number of carbonyl (C=O) groups excluding carboxylic acids is 1. The van der Waals surface area contributed by atoms with Crippen LogP contribution >= 0.6 is 11.8 Å². The summed E-state index contributed by atoms with van der Waals surface area (Å²) in [6.45, 7) is 0. The van der Waals surface area contributed by atoms with Gasteiger partial charge in [0.05, 0.1) is 6.07 Å². The van der Waals surface area contributed by atoms with Crippen LogP contribution in [-0.4, -0.2) is 23.5 Å². The topological polar surface area (TPSA) is 52.9 Å². The fraction of sp³-hybridized carbons (Fsp3) is 0.857. The van der Waals surface area contributed by atoms with E-state index in [0.29, 0.717) is 5.25 Å². The maximum atomic E-state index is 12.4. The quantitative estimate of drug-likeness (QED) is 0.854. The minimum absolute atomic E-state index is 0.00403. The minimum atomic E-state index is -0.732. The summed E-state index contributed by atoms with van der Waals surface area (Å²) in [7, 11) is 0. The second-order valence-corrected chi connectivity index (χ2v) is 6.62. The average molecular weight is 266 g/mol. The molecule has 0 aromatic carbocycles. The number of hydrogen-bond donors (Lipinski definition) is 1. The summed E-state index contributed by atoms with van der Waals surface area (Å²) in [6.07, 6.45) is 10.2. The van der Waals surface area contributed by atoms with Gasteiger partial charge >= 0.3 is 0 Å². The molecule has 2 aliphatic rings. The molecule has 2 rings (SSSR count). The smallest absolute Gasteiger partial charge is 0.240 e. The molecule has 2 aliphatic carbocycles. The number of thioether (sulfide) groups is 1. The lowest BCUT2D eigenvalue weighted by atomic mass is 9.74. The van der Waals surface area contributed by atoms with Crippen molar-refractivity contribution in [1.29, 1.82) is 5.26 Å². The van der Waals surface area contributed by atoms with Crippen LogP contribution in [0, 0.1) is 16.7 Å². The lowest BCUT2D eigenvalue weighted by Crippen LogP contribution is -2.47. The van der Waals surface area contributed by atoms with Crippen molar-refractivity contribution in [2.24, 2.45) is 5.41 Å². The lowest BCUT2D eigenvalue weighted by Gasteiger charge is -2.31. The molecule has 0 aromatic rings. The van der Waals surface area contributed by atoms with E-state index < -0.39 is 5.41 Å². The molecule has 2 unspecified atom stereocenters. The number of rotatable bonds is 3. The van der Waals surface area contributed by atoms with Gasteiger partial charge in [0, 0.05) is 11.3 Å². The first-order chi connectivity index (χ1) is 8.72. The summed E-state index contributed by atoms with van der Waals surface area (Å²) < 4.78 is 0. The van der Waals surface area contributed by atoms with Gasteiger partial charge in [-0.2, -0.15) is 17.0 Å². The van der Waals surface area contributed by atoms with Crippen molar-refractivity contribution >= 4 is 17.7 Å². The maximum absolute atomic E-state index is 12.4. The fourth-order valence-electron chi connectivity index (χ4n) is 3.22. The Morgan fingerprint density at radius 2 is 2.00 bits per heavy atom. The van der Waals surface area contributed by atoms with E-state index in [0.717, 1.165) is 38.5 Å². The van der Waals surface area contributed by atoms with Gasteiger partial charge in [-0.3, -0.25) is 4.79 Å². The number of carbonyl (C=O) groups is 1.